The van der Waals surface area contributed by atoms with Crippen molar-refractivity contribution in [3.63, 3.8) is 0 Å². The van der Waals surface area contributed by atoms with Gasteiger partial charge in [-0.15, -0.1) is 0 Å². The number of halogens is 1. The molecule has 3 aromatic carbocycles. The number of fused-ring (bicyclic) bond motifs is 2. The van der Waals surface area contributed by atoms with E-state index in [-0.39, 0.29) is 28.6 Å². The van der Waals surface area contributed by atoms with E-state index < -0.39 is 10.0 Å². The lowest BCUT2D eigenvalue weighted by Gasteiger charge is -2.38. The smallest absolute Gasteiger partial charge is 0.283 e. The Morgan fingerprint density at radius 2 is 1.73 bits per heavy atom. The van der Waals surface area contributed by atoms with Crippen LogP contribution in [-0.2, 0) is 14.8 Å². The molecule has 0 radical (unpaired) electrons. The highest BCUT2D eigenvalue weighted by atomic mass is 32.2. The van der Waals surface area contributed by atoms with Gasteiger partial charge in [0.25, 0.3) is 10.0 Å². The number of carbonyl (C=O) groups excluding carboxylic acids is 1. The summed E-state index contributed by atoms with van der Waals surface area (Å²) in [6, 6.07) is 16.5. The SMILES string of the molecule is CC(=O)N1CC(Oc2nc3cc4c(cnn4S(=O)(=O)c4ccc(C)cc4)cc3c(-c3ccc(F)cc3)c2C(C)C)C1. The van der Waals surface area contributed by atoms with Crippen LogP contribution in [0.25, 0.3) is 32.9 Å². The Bertz CT molecular complexity index is 1910. The fraction of sp³-hybridized carbons (Fsp3) is 0.258. The number of carbonyl (C=O) groups is 1. The summed E-state index contributed by atoms with van der Waals surface area (Å²) in [6.07, 6.45) is 1.30. The van der Waals surface area contributed by atoms with Crippen molar-refractivity contribution >= 4 is 37.7 Å². The van der Waals surface area contributed by atoms with Crippen LogP contribution >= 0.6 is 0 Å². The van der Waals surface area contributed by atoms with E-state index in [1.165, 1.54) is 25.3 Å². The Labute approximate surface area is 237 Å². The third kappa shape index (κ3) is 4.72. The quantitative estimate of drug-likeness (QED) is 0.260. The van der Waals surface area contributed by atoms with Gasteiger partial charge in [0, 0.05) is 23.3 Å². The molecule has 1 amide bonds. The fourth-order valence-electron chi connectivity index (χ4n) is 5.24. The zero-order valence-electron chi connectivity index (χ0n) is 23.1. The van der Waals surface area contributed by atoms with Gasteiger partial charge in [-0.1, -0.05) is 43.7 Å². The maximum Gasteiger partial charge on any atom is 0.283 e. The molecule has 0 N–H and O–H groups in total. The van der Waals surface area contributed by atoms with Gasteiger partial charge in [-0.2, -0.15) is 17.6 Å². The summed E-state index contributed by atoms with van der Waals surface area (Å²) in [4.78, 5) is 18.5. The average molecular weight is 573 g/mol. The number of rotatable bonds is 6. The summed E-state index contributed by atoms with van der Waals surface area (Å²) in [6.45, 7) is 8.41. The van der Waals surface area contributed by atoms with E-state index in [4.69, 9.17) is 9.72 Å². The number of likely N-dealkylation sites (tertiary alicyclic amines) is 1. The summed E-state index contributed by atoms with van der Waals surface area (Å²) >= 11 is 0. The first kappa shape index (κ1) is 26.9. The zero-order chi connectivity index (χ0) is 29.1. The van der Waals surface area contributed by atoms with Crippen LogP contribution in [0.1, 0.15) is 37.8 Å². The van der Waals surface area contributed by atoms with Crippen LogP contribution in [0.4, 0.5) is 4.39 Å². The number of amides is 1. The molecule has 0 spiro atoms. The summed E-state index contributed by atoms with van der Waals surface area (Å²) in [5.41, 5.74) is 4.31. The van der Waals surface area contributed by atoms with Gasteiger partial charge in [-0.05, 0) is 60.4 Å². The van der Waals surface area contributed by atoms with Crippen molar-refractivity contribution in [3.05, 3.63) is 83.8 Å². The van der Waals surface area contributed by atoms with Crippen molar-refractivity contribution in [1.82, 2.24) is 19.1 Å². The summed E-state index contributed by atoms with van der Waals surface area (Å²) in [5.74, 6) is 0.0365. The summed E-state index contributed by atoms with van der Waals surface area (Å²) in [7, 11) is -3.97. The highest BCUT2D eigenvalue weighted by molar-refractivity contribution is 7.90. The van der Waals surface area contributed by atoms with E-state index in [2.05, 4.69) is 5.10 Å². The van der Waals surface area contributed by atoms with E-state index in [9.17, 15) is 17.6 Å². The van der Waals surface area contributed by atoms with Crippen LogP contribution in [0.15, 0.2) is 71.8 Å². The molecule has 0 aliphatic carbocycles. The molecule has 0 atom stereocenters. The molecule has 1 aliphatic heterocycles. The first-order chi connectivity index (χ1) is 19.5. The molecule has 1 fully saturated rings. The second-order valence-electron chi connectivity index (χ2n) is 10.8. The molecule has 1 aliphatic rings. The molecule has 10 heteroatoms. The number of hydrogen-bond acceptors (Lipinski definition) is 6. The van der Waals surface area contributed by atoms with Crippen molar-refractivity contribution in [3.8, 4) is 17.0 Å². The summed E-state index contributed by atoms with van der Waals surface area (Å²) in [5, 5.41) is 5.65. The van der Waals surface area contributed by atoms with Crippen molar-refractivity contribution in [1.29, 1.82) is 0 Å². The lowest BCUT2D eigenvalue weighted by Crippen LogP contribution is -2.55. The first-order valence-electron chi connectivity index (χ1n) is 13.4. The molecule has 41 heavy (non-hydrogen) atoms. The number of ether oxygens (including phenoxy) is 1. The highest BCUT2D eigenvalue weighted by Gasteiger charge is 2.32. The van der Waals surface area contributed by atoms with Crippen molar-refractivity contribution < 1.29 is 22.3 Å². The first-order valence-corrected chi connectivity index (χ1v) is 14.8. The van der Waals surface area contributed by atoms with Gasteiger partial charge in [-0.25, -0.2) is 9.37 Å². The Balaban J connectivity index is 1.57. The number of nitrogens with zero attached hydrogens (tertiary/aromatic N) is 4. The number of aromatic nitrogens is 3. The molecule has 0 bridgehead atoms. The molecule has 0 saturated carbocycles. The van der Waals surface area contributed by atoms with E-state index in [1.54, 1.807) is 47.4 Å². The van der Waals surface area contributed by atoms with Crippen LogP contribution in [0.2, 0.25) is 0 Å². The lowest BCUT2D eigenvalue weighted by molar-refractivity contribution is -0.137. The molecule has 6 rings (SSSR count). The maximum atomic E-state index is 13.9. The van der Waals surface area contributed by atoms with Crippen LogP contribution in [0, 0.1) is 12.7 Å². The largest absolute Gasteiger partial charge is 0.470 e. The van der Waals surface area contributed by atoms with E-state index >= 15 is 0 Å². The standard InChI is InChI=1S/C31H29FN4O4S/c1-18(2)29-30(21-7-9-23(32)10-8-21)26-13-22-15-33-36(41(38,39)25-11-5-19(3)6-12-25)28(22)14-27(26)34-31(29)40-24-16-35(17-24)20(4)37/h5-15,18,24H,16-17H2,1-4H3. The van der Waals surface area contributed by atoms with Crippen molar-refractivity contribution in [2.24, 2.45) is 0 Å². The van der Waals surface area contributed by atoms with Gasteiger partial charge < -0.3 is 9.64 Å². The molecular formula is C31H29FN4O4S. The highest BCUT2D eigenvalue weighted by Crippen LogP contribution is 2.42. The third-order valence-corrected chi connectivity index (χ3v) is 9.09. The average Bonchev–Trinajstić information content (AvgIpc) is 3.32. The molecule has 3 heterocycles. The second kappa shape index (κ2) is 9.95. The Morgan fingerprint density at radius 3 is 2.37 bits per heavy atom. The van der Waals surface area contributed by atoms with E-state index in [1.807, 2.05) is 26.8 Å². The fourth-order valence-corrected chi connectivity index (χ4v) is 6.50. The molecule has 5 aromatic rings. The predicted molar refractivity (Wildman–Crippen MR) is 155 cm³/mol. The van der Waals surface area contributed by atoms with E-state index in [0.717, 1.165) is 31.7 Å². The Hall–Kier alpha value is -4.31. The monoisotopic (exact) mass is 572 g/mol. The molecule has 2 aromatic heterocycles. The molecule has 8 nitrogen and oxygen atoms in total. The van der Waals surface area contributed by atoms with Gasteiger partial charge in [-0.3, -0.25) is 4.79 Å². The van der Waals surface area contributed by atoms with Gasteiger partial charge >= 0.3 is 0 Å². The molecular weight excluding hydrogens is 543 g/mol. The number of hydrogen-bond donors (Lipinski definition) is 0. The van der Waals surface area contributed by atoms with Crippen LogP contribution in [0.3, 0.4) is 0 Å². The Morgan fingerprint density at radius 1 is 1.05 bits per heavy atom. The van der Waals surface area contributed by atoms with Crippen LogP contribution < -0.4 is 4.74 Å². The normalized spacial score (nSPS) is 14.1. The molecule has 0 unspecified atom stereocenters. The van der Waals surface area contributed by atoms with Gasteiger partial charge in [0.05, 0.1) is 35.2 Å². The van der Waals surface area contributed by atoms with Crippen molar-refractivity contribution in [2.45, 2.75) is 44.6 Å². The number of benzene rings is 3. The third-order valence-electron chi connectivity index (χ3n) is 7.47. The van der Waals surface area contributed by atoms with E-state index in [0.29, 0.717) is 35.4 Å². The minimum absolute atomic E-state index is 0.00808. The second-order valence-corrected chi connectivity index (χ2v) is 12.5. The molecule has 210 valence electrons. The maximum absolute atomic E-state index is 13.9. The van der Waals surface area contributed by atoms with Crippen LogP contribution in [-0.4, -0.2) is 52.6 Å². The number of aryl methyl sites for hydroxylation is 1. The van der Waals surface area contributed by atoms with Crippen LogP contribution in [0.5, 0.6) is 5.88 Å². The lowest BCUT2D eigenvalue weighted by atomic mass is 9.90. The minimum Gasteiger partial charge on any atom is -0.470 e. The molecule has 1 saturated heterocycles. The zero-order valence-corrected chi connectivity index (χ0v) is 23.9. The minimum atomic E-state index is -3.97. The van der Waals surface area contributed by atoms with Gasteiger partial charge in [0.15, 0.2) is 0 Å². The predicted octanol–water partition coefficient (Wildman–Crippen LogP) is 5.67. The van der Waals surface area contributed by atoms with Gasteiger partial charge in [0.1, 0.15) is 11.9 Å². The topological polar surface area (TPSA) is 94.4 Å². The summed E-state index contributed by atoms with van der Waals surface area (Å²) < 4.78 is 48.4. The Kier molecular flexibility index (Phi) is 6.53. The van der Waals surface area contributed by atoms with Gasteiger partial charge in [0.2, 0.25) is 11.8 Å². The van der Waals surface area contributed by atoms with Crippen molar-refractivity contribution in [2.75, 3.05) is 13.1 Å². The number of pyridine rings is 1.